The van der Waals surface area contributed by atoms with Gasteiger partial charge in [0.25, 0.3) is 0 Å². The SMILES string of the molecule is COC(=O)C(Br)CNc1ccc(OC)cc1OC. The summed E-state index contributed by atoms with van der Waals surface area (Å²) in [6.07, 6.45) is 0. The van der Waals surface area contributed by atoms with Gasteiger partial charge in [-0.15, -0.1) is 0 Å². The number of halogens is 1. The zero-order chi connectivity index (χ0) is 13.5. The van der Waals surface area contributed by atoms with Crippen molar-refractivity contribution in [3.8, 4) is 11.5 Å². The summed E-state index contributed by atoms with van der Waals surface area (Å²) in [6.45, 7) is 0.398. The van der Waals surface area contributed by atoms with E-state index in [1.165, 1.54) is 7.11 Å². The lowest BCUT2D eigenvalue weighted by Crippen LogP contribution is -2.24. The number of nitrogens with one attached hydrogen (secondary N) is 1. The molecule has 18 heavy (non-hydrogen) atoms. The number of carbonyl (C=O) groups excluding carboxylic acids is 1. The minimum absolute atomic E-state index is 0.324. The lowest BCUT2D eigenvalue weighted by molar-refractivity contribution is -0.139. The maximum absolute atomic E-state index is 11.2. The van der Waals surface area contributed by atoms with Crippen LogP contribution in [-0.4, -0.2) is 38.7 Å². The highest BCUT2D eigenvalue weighted by molar-refractivity contribution is 9.10. The highest BCUT2D eigenvalue weighted by atomic mass is 79.9. The van der Waals surface area contributed by atoms with Crippen LogP contribution in [0.25, 0.3) is 0 Å². The van der Waals surface area contributed by atoms with E-state index in [9.17, 15) is 4.79 Å². The molecule has 0 aliphatic heterocycles. The monoisotopic (exact) mass is 317 g/mol. The molecule has 0 amide bonds. The smallest absolute Gasteiger partial charge is 0.321 e. The Bertz CT molecular complexity index is 411. The molecule has 0 aromatic heterocycles. The number of ether oxygens (including phenoxy) is 3. The molecule has 1 aromatic rings. The van der Waals surface area contributed by atoms with E-state index in [4.69, 9.17) is 9.47 Å². The summed E-state index contributed by atoms with van der Waals surface area (Å²) >= 11 is 3.23. The number of anilines is 1. The van der Waals surface area contributed by atoms with Gasteiger partial charge in [-0.3, -0.25) is 4.79 Å². The summed E-state index contributed by atoms with van der Waals surface area (Å²) in [5.41, 5.74) is 0.784. The van der Waals surface area contributed by atoms with Crippen molar-refractivity contribution in [2.45, 2.75) is 4.83 Å². The third-order valence-electron chi connectivity index (χ3n) is 2.34. The molecule has 0 heterocycles. The van der Waals surface area contributed by atoms with Gasteiger partial charge in [0.2, 0.25) is 0 Å². The summed E-state index contributed by atoms with van der Waals surface area (Å²) in [4.78, 5) is 10.8. The lowest BCUT2D eigenvalue weighted by Gasteiger charge is -2.14. The molecule has 6 heteroatoms. The number of rotatable bonds is 6. The fourth-order valence-corrected chi connectivity index (χ4v) is 1.70. The van der Waals surface area contributed by atoms with E-state index in [1.807, 2.05) is 12.1 Å². The molecule has 5 nitrogen and oxygen atoms in total. The van der Waals surface area contributed by atoms with Crippen molar-refractivity contribution in [3.63, 3.8) is 0 Å². The first-order valence-electron chi connectivity index (χ1n) is 5.30. The normalized spacial score (nSPS) is 11.6. The largest absolute Gasteiger partial charge is 0.497 e. The van der Waals surface area contributed by atoms with Crippen molar-refractivity contribution in [1.82, 2.24) is 0 Å². The molecule has 0 aliphatic carbocycles. The molecule has 0 fully saturated rings. The molecule has 1 rings (SSSR count). The zero-order valence-electron chi connectivity index (χ0n) is 10.5. The second kappa shape index (κ2) is 7.10. The topological polar surface area (TPSA) is 56.8 Å². The average Bonchev–Trinajstić information content (AvgIpc) is 2.43. The zero-order valence-corrected chi connectivity index (χ0v) is 12.1. The van der Waals surface area contributed by atoms with Gasteiger partial charge < -0.3 is 19.5 Å². The maximum Gasteiger partial charge on any atom is 0.321 e. The minimum atomic E-state index is -0.408. The molecule has 0 saturated heterocycles. The Morgan fingerprint density at radius 1 is 1.33 bits per heavy atom. The van der Waals surface area contributed by atoms with E-state index in [1.54, 1.807) is 20.3 Å². The highest BCUT2D eigenvalue weighted by Gasteiger charge is 2.15. The Hall–Kier alpha value is -1.43. The summed E-state index contributed by atoms with van der Waals surface area (Å²) < 4.78 is 15.0. The average molecular weight is 318 g/mol. The van der Waals surface area contributed by atoms with Gasteiger partial charge in [-0.05, 0) is 12.1 Å². The molecule has 1 N–H and O–H groups in total. The quantitative estimate of drug-likeness (QED) is 0.643. The van der Waals surface area contributed by atoms with Crippen molar-refractivity contribution in [2.75, 3.05) is 33.2 Å². The van der Waals surface area contributed by atoms with Crippen LogP contribution in [-0.2, 0) is 9.53 Å². The molecule has 0 radical (unpaired) electrons. The summed E-state index contributed by atoms with van der Waals surface area (Å²) in [5.74, 6) is 1.04. The lowest BCUT2D eigenvalue weighted by atomic mass is 10.2. The Balaban J connectivity index is 2.69. The van der Waals surface area contributed by atoms with Crippen LogP contribution in [0.2, 0.25) is 0 Å². The van der Waals surface area contributed by atoms with Crippen molar-refractivity contribution in [1.29, 1.82) is 0 Å². The third-order valence-corrected chi connectivity index (χ3v) is 3.03. The molecular weight excluding hydrogens is 302 g/mol. The minimum Gasteiger partial charge on any atom is -0.497 e. The van der Waals surface area contributed by atoms with Crippen molar-refractivity contribution >= 4 is 27.6 Å². The van der Waals surface area contributed by atoms with Gasteiger partial charge in [0.05, 0.1) is 27.0 Å². The van der Waals surface area contributed by atoms with Gasteiger partial charge in [-0.1, -0.05) is 15.9 Å². The standard InChI is InChI=1S/C12H16BrNO4/c1-16-8-4-5-10(11(6-8)17-2)14-7-9(13)12(15)18-3/h4-6,9,14H,7H2,1-3H3. The first-order valence-corrected chi connectivity index (χ1v) is 6.21. The van der Waals surface area contributed by atoms with Crippen LogP contribution < -0.4 is 14.8 Å². The Kier molecular flexibility index (Phi) is 5.77. The van der Waals surface area contributed by atoms with E-state index < -0.39 is 4.83 Å². The van der Waals surface area contributed by atoms with Crippen molar-refractivity contribution in [2.24, 2.45) is 0 Å². The van der Waals surface area contributed by atoms with E-state index in [0.717, 1.165) is 5.69 Å². The summed E-state index contributed by atoms with van der Waals surface area (Å²) in [5, 5.41) is 3.10. The van der Waals surface area contributed by atoms with Crippen molar-refractivity contribution < 1.29 is 19.0 Å². The Morgan fingerprint density at radius 3 is 2.61 bits per heavy atom. The second-order valence-electron chi connectivity index (χ2n) is 3.44. The van der Waals surface area contributed by atoms with Crippen LogP contribution in [0.4, 0.5) is 5.69 Å². The van der Waals surface area contributed by atoms with E-state index in [2.05, 4.69) is 26.0 Å². The first kappa shape index (κ1) is 14.6. The predicted octanol–water partition coefficient (Wildman–Crippen LogP) is 2.05. The van der Waals surface area contributed by atoms with Crippen LogP contribution >= 0.6 is 15.9 Å². The number of hydrogen-bond donors (Lipinski definition) is 1. The van der Waals surface area contributed by atoms with E-state index in [-0.39, 0.29) is 5.97 Å². The highest BCUT2D eigenvalue weighted by Crippen LogP contribution is 2.29. The van der Waals surface area contributed by atoms with Crippen molar-refractivity contribution in [3.05, 3.63) is 18.2 Å². The molecule has 100 valence electrons. The summed E-state index contributed by atoms with van der Waals surface area (Å²) in [6, 6.07) is 5.41. The number of carbonyl (C=O) groups is 1. The van der Waals surface area contributed by atoms with Crippen LogP contribution in [0.5, 0.6) is 11.5 Å². The molecule has 0 spiro atoms. The fraction of sp³-hybridized carbons (Fsp3) is 0.417. The molecule has 0 bridgehead atoms. The number of hydrogen-bond acceptors (Lipinski definition) is 5. The Labute approximate surface area is 115 Å². The van der Waals surface area contributed by atoms with Gasteiger partial charge in [-0.2, -0.15) is 0 Å². The van der Waals surface area contributed by atoms with Crippen LogP contribution in [0.1, 0.15) is 0 Å². The Morgan fingerprint density at radius 2 is 2.06 bits per heavy atom. The summed E-state index contributed by atoms with van der Waals surface area (Å²) in [7, 11) is 4.52. The van der Waals surface area contributed by atoms with Gasteiger partial charge in [0.1, 0.15) is 16.3 Å². The number of benzene rings is 1. The van der Waals surface area contributed by atoms with Crippen LogP contribution in [0.3, 0.4) is 0 Å². The van der Waals surface area contributed by atoms with E-state index >= 15 is 0 Å². The first-order chi connectivity index (χ1) is 8.62. The fourth-order valence-electron chi connectivity index (χ4n) is 1.36. The molecule has 1 unspecified atom stereocenters. The third kappa shape index (κ3) is 3.80. The molecular formula is C12H16BrNO4. The van der Waals surface area contributed by atoms with Crippen LogP contribution in [0, 0.1) is 0 Å². The number of methoxy groups -OCH3 is 3. The van der Waals surface area contributed by atoms with Crippen LogP contribution in [0.15, 0.2) is 18.2 Å². The van der Waals surface area contributed by atoms with Gasteiger partial charge >= 0.3 is 5.97 Å². The maximum atomic E-state index is 11.2. The predicted molar refractivity (Wildman–Crippen MR) is 72.8 cm³/mol. The number of esters is 1. The molecule has 0 saturated carbocycles. The molecule has 1 aromatic carbocycles. The second-order valence-corrected chi connectivity index (χ2v) is 4.54. The molecule has 1 atom stereocenters. The molecule has 0 aliphatic rings. The van der Waals surface area contributed by atoms with Gasteiger partial charge in [0, 0.05) is 12.6 Å². The van der Waals surface area contributed by atoms with Gasteiger partial charge in [0.15, 0.2) is 0 Å². The number of alkyl halides is 1. The van der Waals surface area contributed by atoms with Gasteiger partial charge in [-0.25, -0.2) is 0 Å². The van der Waals surface area contributed by atoms with E-state index in [0.29, 0.717) is 18.0 Å².